The van der Waals surface area contributed by atoms with Crippen molar-refractivity contribution in [2.24, 2.45) is 39.6 Å². The monoisotopic (exact) mass is 1390 g/mol. The van der Waals surface area contributed by atoms with Crippen molar-refractivity contribution in [1.82, 2.24) is 35.8 Å². The molecule has 2 saturated heterocycles. The predicted octanol–water partition coefficient (Wildman–Crippen LogP) is 14.5. The molecule has 2 N–H and O–H groups in total. The third kappa shape index (κ3) is 16.2. The van der Waals surface area contributed by atoms with E-state index in [1.165, 1.54) is 47.2 Å². The molecule has 0 bridgehead atoms. The lowest BCUT2D eigenvalue weighted by Crippen LogP contribution is -2.63. The summed E-state index contributed by atoms with van der Waals surface area (Å²) in [6.07, 6.45) is 21.4. The fraction of sp³-hybridized carbons (Fsp3) is 0.598. The van der Waals surface area contributed by atoms with E-state index in [0.717, 1.165) is 94.2 Å². The number of hydrogen-bond acceptors (Lipinski definition) is 17. The van der Waals surface area contributed by atoms with Crippen LogP contribution in [0.1, 0.15) is 216 Å². The number of fused-ring (bicyclic) bond motifs is 10. The number of hydrogen-bond donors (Lipinski definition) is 2. The topological polar surface area (TPSA) is 234 Å². The minimum Gasteiger partial charge on any atom is -0.493 e. The van der Waals surface area contributed by atoms with Crippen LogP contribution >= 0.6 is 0 Å². The number of carbonyl (C=O) groups is 4. The Bertz CT molecular complexity index is 3870. The normalized spacial score (nSPS) is 28.0. The fourth-order valence-electron chi connectivity index (χ4n) is 20.7. The molecule has 13 rings (SSSR count). The summed E-state index contributed by atoms with van der Waals surface area (Å²) >= 11 is 0. The molecule has 2 aliphatic heterocycles. The van der Waals surface area contributed by atoms with Crippen LogP contribution in [-0.4, -0.2) is 123 Å². The van der Waals surface area contributed by atoms with Crippen molar-refractivity contribution >= 4 is 23.5 Å². The lowest BCUT2D eigenvalue weighted by Gasteiger charge is -2.53. The van der Waals surface area contributed by atoms with Crippen LogP contribution in [-0.2, 0) is 54.8 Å². The molecular weight excluding hydrogens is 1280 g/mol. The first-order chi connectivity index (χ1) is 48.5. The molecule has 0 amide bonds. The van der Waals surface area contributed by atoms with Crippen molar-refractivity contribution in [3.63, 3.8) is 0 Å². The highest BCUT2D eigenvalue weighted by Gasteiger charge is 2.63. The molecule has 6 unspecified atom stereocenters. The van der Waals surface area contributed by atoms with Gasteiger partial charge in [0.25, 0.3) is 0 Å². The van der Waals surface area contributed by atoms with Gasteiger partial charge in [-0.15, -0.1) is 11.5 Å². The molecule has 0 radical (unpaired) electrons. The van der Waals surface area contributed by atoms with Crippen LogP contribution in [0.2, 0.25) is 0 Å². The molecule has 20 heteroatoms. The number of rotatable bonds is 19. The Morgan fingerprint density at radius 1 is 0.637 bits per heavy atom. The summed E-state index contributed by atoms with van der Waals surface area (Å²) in [5.74, 6) is 8.20. The van der Waals surface area contributed by atoms with Crippen LogP contribution in [0.4, 0.5) is 0 Å². The number of ether oxygens (including phenoxy) is 4. The zero-order valence-corrected chi connectivity index (χ0v) is 62.7. The average molecular weight is 1390 g/mol. The van der Waals surface area contributed by atoms with Crippen LogP contribution in [0, 0.1) is 53.3 Å². The Hall–Kier alpha value is -7.60. The predicted molar refractivity (Wildman–Crippen MR) is 392 cm³/mol. The second-order valence-electron chi connectivity index (χ2n) is 32.9. The van der Waals surface area contributed by atoms with Crippen molar-refractivity contribution in [2.45, 2.75) is 238 Å². The van der Waals surface area contributed by atoms with E-state index in [2.05, 4.69) is 171 Å². The molecule has 3 heterocycles. The number of terminal acetylenes is 1. The van der Waals surface area contributed by atoms with Crippen molar-refractivity contribution < 1.29 is 47.8 Å². The molecule has 4 saturated carbocycles. The molecule has 6 fully saturated rings. The maximum Gasteiger partial charge on any atom is 0.312 e. The number of benzene rings is 4. The number of nitrogens with zero attached hydrogens (tertiary/aromatic N) is 8. The number of ketones is 2. The Morgan fingerprint density at radius 3 is 1.61 bits per heavy atom. The van der Waals surface area contributed by atoms with Crippen LogP contribution in [0.25, 0.3) is 10.4 Å². The second kappa shape index (κ2) is 31.0. The third-order valence-corrected chi connectivity index (χ3v) is 24.1. The summed E-state index contributed by atoms with van der Waals surface area (Å²) in [6, 6.07) is 29.7. The molecule has 5 aromatic rings. The van der Waals surface area contributed by atoms with E-state index in [1.807, 2.05) is 47.6 Å². The number of carbonyl (C=O) groups excluding carboxylic acids is 4. The van der Waals surface area contributed by atoms with E-state index in [1.54, 1.807) is 14.2 Å². The standard InChI is InChI=1S/C41H55N5O5.C28H30N3O4.C13H24N2O/c1-26(47)51-32-13-15-33-28(20-32)10-14-34-36-16-17-37(48)41(36,6)23-35(38(33)34)27-8-11-31(12-9-27)50-19-18-45-25-30(43-44-45)24-42-29-21-39(2,3)46(49-7)40(4,5)22-29;1-17(32)35-21-8-10-22-19(15-21)5-9-23-25-11-12-26(33)28(25,2)16-24(27(22)23)18-3-6-20(7-4-18)34-14-13-30-31-29;1-7-8-14-11-9-12(2,3)15(16-6)13(4,5)10-11/h8-9,11-13,15,20,25,29,34-36,38,42H,10,14,16-19,21-24H2,1-7H3;3-4,6-8,10,12,15,23-25,27H,5,9,11,13-14,16H2,1-2H3;1,11,14H,8-10H2,2-6H3/q;+1;/t34?,35-,36?,38?,41+;23?,24-,25?,27?,28+;/m11./s1. The van der Waals surface area contributed by atoms with Crippen LogP contribution in [0.15, 0.2) is 96.2 Å². The Morgan fingerprint density at radius 2 is 1.12 bits per heavy atom. The van der Waals surface area contributed by atoms with Crippen molar-refractivity contribution in [1.29, 1.82) is 0 Å². The molecule has 0 spiro atoms. The number of nitrogens with one attached hydrogen (secondary N) is 2. The average Bonchev–Trinajstić information content (AvgIpc) is 1.42. The number of azide groups is 1. The highest BCUT2D eigenvalue weighted by atomic mass is 16.7. The fourth-order valence-corrected chi connectivity index (χ4v) is 20.7. The number of esters is 2. The van der Waals surface area contributed by atoms with Crippen molar-refractivity contribution in [2.75, 3.05) is 40.5 Å². The van der Waals surface area contributed by atoms with Crippen LogP contribution < -0.4 is 29.6 Å². The maximum absolute atomic E-state index is 13.4. The maximum atomic E-state index is 13.4. The zero-order chi connectivity index (χ0) is 73.1. The van der Waals surface area contributed by atoms with Gasteiger partial charge in [-0.3, -0.25) is 14.4 Å². The summed E-state index contributed by atoms with van der Waals surface area (Å²) in [6.45, 7) is 28.0. The SMILES string of the molecule is C#CCNC1CC(C)(C)N(OC)C(C)(C)C1.CC(=O)Oc1ccc2c(c1)CCC1C2[C@@H](c2ccc(OCCN=[N+]=[N-])cc2)C[C@]2(C)C(=O)[CH+]CC12.CON1C(C)(C)CC(NCc2cn(CCOc3ccc([C@H]4C[C@]5(C)C(=O)CCC5C5CCc6cc(OC(C)=O)ccc6C54)cc3)nn2)CC1(C)C. The Kier molecular flexibility index (Phi) is 23.0. The molecule has 8 aliphatic rings. The number of piperidine rings is 2. The van der Waals surface area contributed by atoms with E-state index in [0.29, 0.717) is 110 Å². The minimum atomic E-state index is -0.328. The number of hydroxylamine groups is 4. The van der Waals surface area contributed by atoms with E-state index in [-0.39, 0.29) is 63.3 Å². The molecule has 4 aromatic carbocycles. The highest BCUT2D eigenvalue weighted by Crippen LogP contribution is 2.66. The van der Waals surface area contributed by atoms with Crippen molar-refractivity contribution in [3.05, 3.63) is 147 Å². The molecule has 1 aromatic heterocycles. The smallest absolute Gasteiger partial charge is 0.312 e. The summed E-state index contributed by atoms with van der Waals surface area (Å²) < 4.78 is 24.5. The number of aryl methyl sites for hydroxylation is 2. The molecule has 10 atom stereocenters. The van der Waals surface area contributed by atoms with Crippen molar-refractivity contribution in [3.8, 4) is 35.3 Å². The van der Waals surface area contributed by atoms with Gasteiger partial charge in [-0.2, -0.15) is 10.1 Å². The van der Waals surface area contributed by atoms with Gasteiger partial charge in [0.1, 0.15) is 48.2 Å². The van der Waals surface area contributed by atoms with Crippen LogP contribution in [0.3, 0.4) is 0 Å². The number of Topliss-reactive ketones (excluding diaryl/α,β-unsaturated/α-hetero) is 2. The third-order valence-electron chi connectivity index (χ3n) is 24.1. The summed E-state index contributed by atoms with van der Waals surface area (Å²) in [4.78, 5) is 63.6. The first-order valence-electron chi connectivity index (χ1n) is 37.0. The van der Waals surface area contributed by atoms with E-state index in [4.69, 9.17) is 40.6 Å². The second-order valence-corrected chi connectivity index (χ2v) is 32.9. The van der Waals surface area contributed by atoms with Gasteiger partial charge in [0, 0.05) is 83.5 Å². The molecule has 102 heavy (non-hydrogen) atoms. The quantitative estimate of drug-likeness (QED) is 0.0114. The van der Waals surface area contributed by atoms with Crippen LogP contribution in [0.5, 0.6) is 23.0 Å². The summed E-state index contributed by atoms with van der Waals surface area (Å²) in [7, 11) is 3.51. The first kappa shape index (κ1) is 75.6. The van der Waals surface area contributed by atoms with Gasteiger partial charge in [0.05, 0.1) is 51.6 Å². The van der Waals surface area contributed by atoms with Gasteiger partial charge in [-0.05, 0) is 262 Å². The van der Waals surface area contributed by atoms with Gasteiger partial charge in [-0.25, -0.2) is 9.48 Å². The molecule has 546 valence electrons. The lowest BCUT2D eigenvalue weighted by atomic mass is 9.51. The molecule has 6 aliphatic carbocycles. The summed E-state index contributed by atoms with van der Waals surface area (Å²) in [5, 5.41) is 23.6. The number of aromatic nitrogens is 3. The zero-order valence-electron chi connectivity index (χ0n) is 62.7. The highest BCUT2D eigenvalue weighted by molar-refractivity contribution is 5.95. The van der Waals surface area contributed by atoms with E-state index >= 15 is 0 Å². The van der Waals surface area contributed by atoms with Gasteiger partial charge in [0.2, 0.25) is 0 Å². The minimum absolute atomic E-state index is 0.0305. The Labute approximate surface area is 604 Å². The van der Waals surface area contributed by atoms with Gasteiger partial charge in [0.15, 0.2) is 0 Å². The molecule has 20 nitrogen and oxygen atoms in total. The first-order valence-corrected chi connectivity index (χ1v) is 37.0. The Balaban J connectivity index is 0.000000176. The van der Waals surface area contributed by atoms with Gasteiger partial charge in [-0.1, -0.05) is 59.6 Å². The largest absolute Gasteiger partial charge is 0.493 e. The summed E-state index contributed by atoms with van der Waals surface area (Å²) in [5.41, 5.74) is 16.3. The lowest BCUT2D eigenvalue weighted by molar-refractivity contribution is -0.267. The van der Waals surface area contributed by atoms with E-state index < -0.39 is 0 Å². The van der Waals surface area contributed by atoms with Gasteiger partial charge < -0.3 is 39.3 Å². The van der Waals surface area contributed by atoms with E-state index in [9.17, 15) is 19.2 Å². The van der Waals surface area contributed by atoms with Gasteiger partial charge >= 0.3 is 17.7 Å². The molecular formula is C82H109N10O10+.